The first kappa shape index (κ1) is 23.8. The molecule has 170 valence electrons. The number of sulfonamides is 1. The predicted molar refractivity (Wildman–Crippen MR) is 127 cm³/mol. The van der Waals surface area contributed by atoms with Gasteiger partial charge in [0.1, 0.15) is 5.75 Å². The number of nitrogens with one attached hydrogen (secondary N) is 3. The van der Waals surface area contributed by atoms with Crippen LogP contribution in [0, 0.1) is 0 Å². The van der Waals surface area contributed by atoms with Crippen LogP contribution in [0.2, 0.25) is 5.02 Å². The Morgan fingerprint density at radius 2 is 1.88 bits per heavy atom. The molecule has 1 aromatic heterocycles. The summed E-state index contributed by atoms with van der Waals surface area (Å²) in [5.41, 5.74) is 2.34. The largest absolute Gasteiger partial charge is 0.497 e. The molecular weight excluding hydrogens is 452 g/mol. The van der Waals surface area contributed by atoms with E-state index >= 15 is 0 Å². The van der Waals surface area contributed by atoms with Crippen LogP contribution in [0.1, 0.15) is 18.0 Å². The van der Waals surface area contributed by atoms with Gasteiger partial charge in [-0.3, -0.25) is 9.78 Å². The predicted octanol–water partition coefficient (Wildman–Crippen LogP) is 3.11. The van der Waals surface area contributed by atoms with Crippen molar-refractivity contribution in [1.82, 2.24) is 15.0 Å². The maximum Gasteiger partial charge on any atom is 0.222 e. The van der Waals surface area contributed by atoms with E-state index in [1.807, 2.05) is 12.1 Å². The number of carbonyl (C=O) groups is 1. The fraction of sp³-hybridized carbons (Fsp3) is 0.273. The van der Waals surface area contributed by atoms with Crippen molar-refractivity contribution in [3.8, 4) is 5.75 Å². The highest BCUT2D eigenvalue weighted by Crippen LogP contribution is 2.24. The Labute approximate surface area is 192 Å². The highest BCUT2D eigenvalue weighted by Gasteiger charge is 2.19. The number of nitrogens with zero attached hydrogens (tertiary/aromatic N) is 1. The molecule has 10 heteroatoms. The number of carbonyl (C=O) groups excluding carboxylic acids is 1. The standard InChI is InChI=1S/C22H25ClN4O4S/c1-31-17-6-3-15(4-7-17)20(27-32(2,29)30)14-22(28)26-12-11-25-19-9-10-24-21-13-16(23)5-8-18(19)21/h3-10,13,20,27H,11-12,14H2,1-2H3,(H,24,25)(H,26,28)/t20-/m0/s1. The number of fused-ring (bicyclic) bond motifs is 1. The average molecular weight is 477 g/mol. The van der Waals surface area contributed by atoms with Crippen molar-refractivity contribution in [2.75, 3.05) is 31.8 Å². The second kappa shape index (κ2) is 10.6. The second-order valence-electron chi connectivity index (χ2n) is 7.22. The minimum Gasteiger partial charge on any atom is -0.497 e. The number of methoxy groups -OCH3 is 1. The SMILES string of the molecule is COc1ccc([C@H](CC(=O)NCCNc2ccnc3cc(Cl)ccc23)NS(C)(=O)=O)cc1. The zero-order chi connectivity index (χ0) is 23.1. The molecule has 0 radical (unpaired) electrons. The van der Waals surface area contributed by atoms with Gasteiger partial charge in [-0.25, -0.2) is 13.1 Å². The second-order valence-corrected chi connectivity index (χ2v) is 9.43. The smallest absolute Gasteiger partial charge is 0.222 e. The van der Waals surface area contributed by atoms with Gasteiger partial charge >= 0.3 is 0 Å². The molecule has 1 heterocycles. The van der Waals surface area contributed by atoms with E-state index in [1.54, 1.807) is 49.7 Å². The number of aromatic nitrogens is 1. The fourth-order valence-electron chi connectivity index (χ4n) is 3.25. The number of rotatable bonds is 10. The molecule has 0 bridgehead atoms. The first-order valence-corrected chi connectivity index (χ1v) is 12.2. The highest BCUT2D eigenvalue weighted by atomic mass is 35.5. The third kappa shape index (κ3) is 6.81. The van der Waals surface area contributed by atoms with Crippen LogP contribution < -0.4 is 20.1 Å². The van der Waals surface area contributed by atoms with Crippen LogP contribution >= 0.6 is 11.6 Å². The number of benzene rings is 2. The number of anilines is 1. The van der Waals surface area contributed by atoms with Crippen molar-refractivity contribution >= 4 is 44.1 Å². The van der Waals surface area contributed by atoms with E-state index in [9.17, 15) is 13.2 Å². The highest BCUT2D eigenvalue weighted by molar-refractivity contribution is 7.88. The van der Waals surface area contributed by atoms with Crippen LogP contribution in [0.5, 0.6) is 5.75 Å². The Kier molecular flexibility index (Phi) is 7.89. The molecule has 0 unspecified atom stereocenters. The molecule has 8 nitrogen and oxygen atoms in total. The van der Waals surface area contributed by atoms with Gasteiger partial charge < -0.3 is 15.4 Å². The first-order valence-electron chi connectivity index (χ1n) is 9.91. The van der Waals surface area contributed by atoms with Crippen LogP contribution in [-0.4, -0.2) is 45.8 Å². The van der Waals surface area contributed by atoms with E-state index in [0.717, 1.165) is 22.8 Å². The average Bonchev–Trinajstić information content (AvgIpc) is 2.75. The summed E-state index contributed by atoms with van der Waals surface area (Å²) >= 11 is 6.02. The molecular formula is C22H25ClN4O4S. The van der Waals surface area contributed by atoms with Gasteiger partial charge in [0.15, 0.2) is 0 Å². The number of halogens is 1. The van der Waals surface area contributed by atoms with Crippen molar-refractivity contribution in [2.24, 2.45) is 0 Å². The van der Waals surface area contributed by atoms with Gasteiger partial charge in [-0.2, -0.15) is 0 Å². The van der Waals surface area contributed by atoms with Gasteiger partial charge in [0.25, 0.3) is 0 Å². The van der Waals surface area contributed by atoms with E-state index in [1.165, 1.54) is 0 Å². The van der Waals surface area contributed by atoms with Crippen LogP contribution in [0.25, 0.3) is 10.9 Å². The molecule has 0 fully saturated rings. The summed E-state index contributed by atoms with van der Waals surface area (Å²) in [5, 5.41) is 7.64. The molecule has 0 spiro atoms. The molecule has 0 saturated heterocycles. The van der Waals surface area contributed by atoms with Crippen LogP contribution in [-0.2, 0) is 14.8 Å². The van der Waals surface area contributed by atoms with E-state index in [-0.39, 0.29) is 12.3 Å². The lowest BCUT2D eigenvalue weighted by atomic mass is 10.0. The number of hydrogen-bond donors (Lipinski definition) is 3. The van der Waals surface area contributed by atoms with Gasteiger partial charge in [-0.1, -0.05) is 23.7 Å². The molecule has 1 atom stereocenters. The normalized spacial score (nSPS) is 12.3. The van der Waals surface area contributed by atoms with Gasteiger partial charge in [-0.15, -0.1) is 0 Å². The summed E-state index contributed by atoms with van der Waals surface area (Å²) < 4.78 is 31.2. The molecule has 0 aliphatic heterocycles. The van der Waals surface area contributed by atoms with Crippen molar-refractivity contribution in [3.63, 3.8) is 0 Å². The first-order chi connectivity index (χ1) is 15.2. The van der Waals surface area contributed by atoms with Gasteiger partial charge in [0.05, 0.1) is 24.9 Å². The van der Waals surface area contributed by atoms with Crippen molar-refractivity contribution in [2.45, 2.75) is 12.5 Å². The Morgan fingerprint density at radius 3 is 2.56 bits per heavy atom. The third-order valence-corrected chi connectivity index (χ3v) is 5.68. The van der Waals surface area contributed by atoms with E-state index in [2.05, 4.69) is 20.3 Å². The lowest BCUT2D eigenvalue weighted by Gasteiger charge is -2.18. The van der Waals surface area contributed by atoms with Crippen molar-refractivity contribution in [1.29, 1.82) is 0 Å². The molecule has 0 aliphatic carbocycles. The van der Waals surface area contributed by atoms with E-state index in [4.69, 9.17) is 16.3 Å². The molecule has 0 aliphatic rings. The zero-order valence-electron chi connectivity index (χ0n) is 17.8. The maximum atomic E-state index is 12.5. The summed E-state index contributed by atoms with van der Waals surface area (Å²) in [6.45, 7) is 0.852. The van der Waals surface area contributed by atoms with Crippen LogP contribution in [0.4, 0.5) is 5.69 Å². The molecule has 2 aromatic carbocycles. The molecule has 0 saturated carbocycles. The Hall–Kier alpha value is -2.88. The summed E-state index contributed by atoms with van der Waals surface area (Å²) in [6.07, 6.45) is 2.73. The minimum absolute atomic E-state index is 0.0317. The molecule has 3 aromatic rings. The Morgan fingerprint density at radius 1 is 1.12 bits per heavy atom. The van der Waals surface area contributed by atoms with E-state index in [0.29, 0.717) is 29.4 Å². The quantitative estimate of drug-likeness (QED) is 0.388. The lowest BCUT2D eigenvalue weighted by molar-refractivity contribution is -0.121. The van der Waals surface area contributed by atoms with Crippen molar-refractivity contribution in [3.05, 3.63) is 65.3 Å². The molecule has 3 N–H and O–H groups in total. The molecule has 1 amide bonds. The topological polar surface area (TPSA) is 109 Å². The third-order valence-electron chi connectivity index (χ3n) is 4.73. The van der Waals surface area contributed by atoms with Crippen molar-refractivity contribution < 1.29 is 17.9 Å². The van der Waals surface area contributed by atoms with E-state index < -0.39 is 16.1 Å². The Bertz CT molecular complexity index is 1190. The maximum absolute atomic E-state index is 12.5. The van der Waals surface area contributed by atoms with Gasteiger partial charge in [-0.05, 0) is 42.0 Å². The number of amides is 1. The summed E-state index contributed by atoms with van der Waals surface area (Å²) in [6, 6.07) is 13.6. The summed E-state index contributed by atoms with van der Waals surface area (Å²) in [4.78, 5) is 16.8. The van der Waals surface area contributed by atoms with Gasteiger partial charge in [0, 0.05) is 41.8 Å². The number of ether oxygens (including phenoxy) is 1. The monoisotopic (exact) mass is 476 g/mol. The fourth-order valence-corrected chi connectivity index (χ4v) is 4.16. The van der Waals surface area contributed by atoms with Gasteiger partial charge in [0.2, 0.25) is 15.9 Å². The Balaban J connectivity index is 1.57. The molecule has 32 heavy (non-hydrogen) atoms. The summed E-state index contributed by atoms with van der Waals surface area (Å²) in [7, 11) is -1.96. The number of pyridine rings is 1. The van der Waals surface area contributed by atoms with Crippen LogP contribution in [0.15, 0.2) is 54.7 Å². The summed E-state index contributed by atoms with van der Waals surface area (Å²) in [5.74, 6) is 0.378. The number of hydrogen-bond acceptors (Lipinski definition) is 6. The van der Waals surface area contributed by atoms with Crippen LogP contribution in [0.3, 0.4) is 0 Å². The minimum atomic E-state index is -3.51. The zero-order valence-corrected chi connectivity index (χ0v) is 19.3. The molecule has 3 rings (SSSR count). The lowest BCUT2D eigenvalue weighted by Crippen LogP contribution is -2.35.